The lowest BCUT2D eigenvalue weighted by Gasteiger charge is -2.34. The van der Waals surface area contributed by atoms with Gasteiger partial charge in [-0.1, -0.05) is 33.6 Å². The fraction of sp³-hybridized carbons (Fsp3) is 0.900. The van der Waals surface area contributed by atoms with Crippen molar-refractivity contribution >= 4 is 0 Å². The third-order valence-corrected chi connectivity index (χ3v) is 2.23. The number of halogens is 1. The molecule has 68 valence electrons. The van der Waals surface area contributed by atoms with Gasteiger partial charge in [0.2, 0.25) is 0 Å². The molecule has 0 radical (unpaired) electrons. The SMILES string of the molecule is CCCC[C-](CC)C(C)CF. The van der Waals surface area contributed by atoms with Gasteiger partial charge in [0.05, 0.1) is 6.67 Å². The molecule has 1 heteroatoms. The Labute approximate surface area is 70.2 Å². The molecule has 11 heavy (non-hydrogen) atoms. The van der Waals surface area contributed by atoms with Crippen LogP contribution in [0, 0.1) is 11.8 Å². The van der Waals surface area contributed by atoms with E-state index < -0.39 is 0 Å². The minimum Gasteiger partial charge on any atom is -0.309 e. The molecule has 0 amide bonds. The smallest absolute Gasteiger partial charge is 0.0652 e. The quantitative estimate of drug-likeness (QED) is 0.517. The van der Waals surface area contributed by atoms with Crippen molar-refractivity contribution in [2.45, 2.75) is 46.5 Å². The van der Waals surface area contributed by atoms with E-state index in [1.54, 1.807) is 0 Å². The van der Waals surface area contributed by atoms with Gasteiger partial charge >= 0.3 is 0 Å². The molecule has 1 atom stereocenters. The van der Waals surface area contributed by atoms with Gasteiger partial charge in [-0.05, 0) is 0 Å². The Morgan fingerprint density at radius 2 is 2.00 bits per heavy atom. The summed E-state index contributed by atoms with van der Waals surface area (Å²) in [6, 6.07) is 0. The van der Waals surface area contributed by atoms with Crippen LogP contribution in [0.4, 0.5) is 4.39 Å². The largest absolute Gasteiger partial charge is 0.309 e. The molecule has 0 aliphatic rings. The fourth-order valence-corrected chi connectivity index (χ4v) is 1.28. The number of unbranched alkanes of at least 4 members (excludes halogenated alkanes) is 1. The van der Waals surface area contributed by atoms with Gasteiger partial charge in [-0.15, -0.1) is 5.92 Å². The Balaban J connectivity index is 3.56. The first-order chi connectivity index (χ1) is 5.26. The lowest BCUT2D eigenvalue weighted by molar-refractivity contribution is 0.370. The van der Waals surface area contributed by atoms with Crippen LogP contribution in [0.1, 0.15) is 46.5 Å². The predicted octanol–water partition coefficient (Wildman–Crippen LogP) is 3.77. The van der Waals surface area contributed by atoms with Crippen molar-refractivity contribution in [2.24, 2.45) is 5.92 Å². The molecule has 0 saturated carbocycles. The number of rotatable bonds is 6. The van der Waals surface area contributed by atoms with Crippen LogP contribution in [-0.4, -0.2) is 6.67 Å². The maximum Gasteiger partial charge on any atom is 0.0652 e. The number of alkyl halides is 1. The highest BCUT2D eigenvalue weighted by Crippen LogP contribution is 2.24. The lowest BCUT2D eigenvalue weighted by atomic mass is 9.88. The molecule has 0 aliphatic heterocycles. The zero-order valence-electron chi connectivity index (χ0n) is 7.99. The molecule has 0 aliphatic carbocycles. The van der Waals surface area contributed by atoms with E-state index in [0.29, 0.717) is 0 Å². The van der Waals surface area contributed by atoms with Crippen LogP contribution >= 0.6 is 0 Å². The van der Waals surface area contributed by atoms with E-state index >= 15 is 0 Å². The first-order valence-electron chi connectivity index (χ1n) is 4.66. The van der Waals surface area contributed by atoms with Crippen LogP contribution in [-0.2, 0) is 0 Å². The van der Waals surface area contributed by atoms with Crippen molar-refractivity contribution in [1.82, 2.24) is 0 Å². The van der Waals surface area contributed by atoms with E-state index in [2.05, 4.69) is 13.8 Å². The summed E-state index contributed by atoms with van der Waals surface area (Å²) in [4.78, 5) is 0. The van der Waals surface area contributed by atoms with E-state index in [4.69, 9.17) is 0 Å². The van der Waals surface area contributed by atoms with Crippen LogP contribution < -0.4 is 0 Å². The highest BCUT2D eigenvalue weighted by atomic mass is 19.1. The first-order valence-corrected chi connectivity index (χ1v) is 4.66. The molecular formula is C10H20F-. The van der Waals surface area contributed by atoms with E-state index in [0.717, 1.165) is 12.8 Å². The molecular weight excluding hydrogens is 139 g/mol. The molecule has 0 saturated heterocycles. The Morgan fingerprint density at radius 3 is 2.36 bits per heavy atom. The van der Waals surface area contributed by atoms with Gasteiger partial charge in [-0.25, -0.2) is 0 Å². The summed E-state index contributed by atoms with van der Waals surface area (Å²) in [7, 11) is 0. The Morgan fingerprint density at radius 1 is 1.36 bits per heavy atom. The molecule has 0 spiro atoms. The van der Waals surface area contributed by atoms with Crippen molar-refractivity contribution in [2.75, 3.05) is 6.67 Å². The van der Waals surface area contributed by atoms with Gasteiger partial charge in [-0.3, -0.25) is 4.39 Å². The molecule has 0 aromatic heterocycles. The zero-order valence-corrected chi connectivity index (χ0v) is 7.99. The summed E-state index contributed by atoms with van der Waals surface area (Å²) in [5.74, 6) is 1.58. The van der Waals surface area contributed by atoms with Crippen molar-refractivity contribution in [1.29, 1.82) is 0 Å². The van der Waals surface area contributed by atoms with Gasteiger partial charge in [0.1, 0.15) is 0 Å². The molecule has 0 bridgehead atoms. The molecule has 1 unspecified atom stereocenters. The topological polar surface area (TPSA) is 0 Å². The van der Waals surface area contributed by atoms with Crippen LogP contribution in [0.5, 0.6) is 0 Å². The monoisotopic (exact) mass is 159 g/mol. The van der Waals surface area contributed by atoms with Crippen LogP contribution in [0.2, 0.25) is 0 Å². The molecule has 0 heterocycles. The molecule has 0 rings (SSSR count). The van der Waals surface area contributed by atoms with Crippen molar-refractivity contribution < 1.29 is 4.39 Å². The Kier molecular flexibility index (Phi) is 6.59. The van der Waals surface area contributed by atoms with E-state index in [1.165, 1.54) is 18.8 Å². The lowest BCUT2D eigenvalue weighted by Crippen LogP contribution is -2.10. The average molecular weight is 159 g/mol. The maximum absolute atomic E-state index is 12.2. The zero-order chi connectivity index (χ0) is 8.69. The third kappa shape index (κ3) is 4.39. The third-order valence-electron chi connectivity index (χ3n) is 2.23. The number of hydrogen-bond donors (Lipinski definition) is 0. The van der Waals surface area contributed by atoms with Crippen molar-refractivity contribution in [3.63, 3.8) is 0 Å². The summed E-state index contributed by atoms with van der Waals surface area (Å²) in [6.07, 6.45) is 4.60. The molecule has 0 N–H and O–H groups in total. The fourth-order valence-electron chi connectivity index (χ4n) is 1.28. The first kappa shape index (κ1) is 10.9. The average Bonchev–Trinajstić information content (AvgIpc) is 2.05. The summed E-state index contributed by atoms with van der Waals surface area (Å²) in [6.45, 7) is 6.09. The standard InChI is InChI=1S/C10H20F/c1-4-6-7-10(5-2)9(3)8-11/h9H,4-8H2,1-3H3/q-1. The number of hydrogen-bond acceptors (Lipinski definition) is 0. The minimum absolute atomic E-state index is 0.187. The second-order valence-electron chi connectivity index (χ2n) is 3.17. The summed E-state index contributed by atoms with van der Waals surface area (Å²) in [5.41, 5.74) is 0. The van der Waals surface area contributed by atoms with Gasteiger partial charge in [0.15, 0.2) is 0 Å². The Bertz CT molecular complexity index is 80.9. The highest BCUT2D eigenvalue weighted by molar-refractivity contribution is 4.92. The normalized spacial score (nSPS) is 13.9. The maximum atomic E-state index is 12.2. The van der Waals surface area contributed by atoms with Gasteiger partial charge in [0, 0.05) is 0 Å². The van der Waals surface area contributed by atoms with Gasteiger partial charge in [0.25, 0.3) is 0 Å². The minimum atomic E-state index is -0.188. The van der Waals surface area contributed by atoms with Gasteiger partial charge in [-0.2, -0.15) is 12.8 Å². The van der Waals surface area contributed by atoms with E-state index in [1.807, 2.05) is 6.92 Å². The van der Waals surface area contributed by atoms with Crippen molar-refractivity contribution in [3.05, 3.63) is 5.92 Å². The van der Waals surface area contributed by atoms with Crippen LogP contribution in [0.15, 0.2) is 0 Å². The molecule has 0 aromatic carbocycles. The molecule has 0 nitrogen and oxygen atoms in total. The summed E-state index contributed by atoms with van der Waals surface area (Å²) >= 11 is 0. The molecule has 0 aromatic rings. The second kappa shape index (κ2) is 6.63. The van der Waals surface area contributed by atoms with Gasteiger partial charge < -0.3 is 5.92 Å². The van der Waals surface area contributed by atoms with Crippen molar-refractivity contribution in [3.8, 4) is 0 Å². The Hall–Kier alpha value is -0.0700. The molecule has 0 fully saturated rings. The van der Waals surface area contributed by atoms with Crippen LogP contribution in [0.3, 0.4) is 0 Å². The second-order valence-corrected chi connectivity index (χ2v) is 3.17. The summed E-state index contributed by atoms with van der Waals surface area (Å²) < 4.78 is 12.2. The van der Waals surface area contributed by atoms with E-state index in [-0.39, 0.29) is 12.6 Å². The highest BCUT2D eigenvalue weighted by Gasteiger charge is 2.00. The van der Waals surface area contributed by atoms with E-state index in [9.17, 15) is 4.39 Å². The summed E-state index contributed by atoms with van der Waals surface area (Å²) in [5, 5.41) is 0. The predicted molar refractivity (Wildman–Crippen MR) is 48.2 cm³/mol. The van der Waals surface area contributed by atoms with Crippen LogP contribution in [0.25, 0.3) is 0 Å².